The monoisotopic (exact) mass is 320 g/mol. The van der Waals surface area contributed by atoms with Crippen LogP contribution in [0, 0.1) is 0 Å². The highest BCUT2D eigenvalue weighted by atomic mass is 32.2. The average molecular weight is 320 g/mol. The Morgan fingerprint density at radius 1 is 1.32 bits per heavy atom. The lowest BCUT2D eigenvalue weighted by molar-refractivity contribution is 0.572. The lowest BCUT2D eigenvalue weighted by atomic mass is 10.2. The predicted molar refractivity (Wildman–Crippen MR) is 79.7 cm³/mol. The van der Waals surface area contributed by atoms with Gasteiger partial charge in [-0.2, -0.15) is 5.10 Å². The predicted octanol–water partition coefficient (Wildman–Crippen LogP) is 1.05. The van der Waals surface area contributed by atoms with Crippen LogP contribution in [-0.4, -0.2) is 33.0 Å². The molecule has 2 N–H and O–H groups in total. The van der Waals surface area contributed by atoms with Crippen LogP contribution in [0.1, 0.15) is 31.3 Å². The average Bonchev–Trinajstić information content (AvgIpc) is 3.12. The molecule has 0 aliphatic heterocycles. The van der Waals surface area contributed by atoms with E-state index in [1.807, 2.05) is 13.8 Å². The van der Waals surface area contributed by atoms with Crippen LogP contribution in [0.4, 0.5) is 0 Å². The van der Waals surface area contributed by atoms with E-state index in [1.54, 1.807) is 18.3 Å². The maximum atomic E-state index is 12.4. The molecular formula is C13H16N6O2S. The Hall–Kier alpha value is -2.26. The number of hydrogen-bond donors (Lipinski definition) is 2. The SMILES string of the molecule is CC(C)c1ncc(CNS(=O)(=O)c2cnc3cccnn23)[nH]1. The zero-order chi connectivity index (χ0) is 15.7. The summed E-state index contributed by atoms with van der Waals surface area (Å²) in [5, 5.41) is 4.01. The Balaban J connectivity index is 1.81. The minimum absolute atomic E-state index is 0.00620. The number of aromatic nitrogens is 5. The first-order chi connectivity index (χ1) is 10.5. The van der Waals surface area contributed by atoms with Gasteiger partial charge < -0.3 is 4.98 Å². The van der Waals surface area contributed by atoms with Crippen molar-refractivity contribution in [2.24, 2.45) is 0 Å². The van der Waals surface area contributed by atoms with E-state index in [0.717, 1.165) is 5.82 Å². The van der Waals surface area contributed by atoms with Crippen LogP contribution in [-0.2, 0) is 16.6 Å². The number of aromatic amines is 1. The summed E-state index contributed by atoms with van der Waals surface area (Å²) in [6, 6.07) is 3.39. The fourth-order valence-corrected chi connectivity index (χ4v) is 3.05. The third kappa shape index (κ3) is 2.72. The third-order valence-corrected chi connectivity index (χ3v) is 4.52. The Bertz CT molecular complexity index is 896. The van der Waals surface area contributed by atoms with Crippen molar-refractivity contribution >= 4 is 15.7 Å². The Labute approximate surface area is 127 Å². The van der Waals surface area contributed by atoms with Crippen LogP contribution in [0.2, 0.25) is 0 Å². The lowest BCUT2D eigenvalue weighted by Crippen LogP contribution is -2.25. The van der Waals surface area contributed by atoms with Gasteiger partial charge in [0.2, 0.25) is 0 Å². The van der Waals surface area contributed by atoms with Crippen molar-refractivity contribution < 1.29 is 8.42 Å². The van der Waals surface area contributed by atoms with E-state index in [-0.39, 0.29) is 17.5 Å². The van der Waals surface area contributed by atoms with Gasteiger partial charge in [0, 0.05) is 24.0 Å². The van der Waals surface area contributed by atoms with Crippen LogP contribution < -0.4 is 4.72 Å². The summed E-state index contributed by atoms with van der Waals surface area (Å²) in [6.45, 7) is 4.15. The summed E-state index contributed by atoms with van der Waals surface area (Å²) < 4.78 is 28.6. The maximum absolute atomic E-state index is 12.4. The van der Waals surface area contributed by atoms with E-state index in [0.29, 0.717) is 11.3 Å². The Morgan fingerprint density at radius 3 is 2.86 bits per heavy atom. The van der Waals surface area contributed by atoms with Gasteiger partial charge in [0.1, 0.15) is 5.82 Å². The molecule has 3 aromatic rings. The summed E-state index contributed by atoms with van der Waals surface area (Å²) in [6.07, 6.45) is 4.43. The summed E-state index contributed by atoms with van der Waals surface area (Å²) >= 11 is 0. The fraction of sp³-hybridized carbons (Fsp3) is 0.308. The quantitative estimate of drug-likeness (QED) is 0.731. The highest BCUT2D eigenvalue weighted by Crippen LogP contribution is 2.12. The molecule has 116 valence electrons. The number of hydrogen-bond acceptors (Lipinski definition) is 5. The van der Waals surface area contributed by atoms with Crippen molar-refractivity contribution in [1.29, 1.82) is 0 Å². The first kappa shape index (κ1) is 14.7. The molecule has 9 heteroatoms. The topological polar surface area (TPSA) is 105 Å². The number of sulfonamides is 1. The molecule has 0 unspecified atom stereocenters. The van der Waals surface area contributed by atoms with Gasteiger partial charge in [0.05, 0.1) is 12.7 Å². The molecular weight excluding hydrogens is 304 g/mol. The second kappa shape index (κ2) is 5.50. The highest BCUT2D eigenvalue weighted by Gasteiger charge is 2.20. The first-order valence-corrected chi connectivity index (χ1v) is 8.28. The minimum Gasteiger partial charge on any atom is -0.345 e. The number of nitrogens with zero attached hydrogens (tertiary/aromatic N) is 4. The second-order valence-electron chi connectivity index (χ2n) is 5.16. The van der Waals surface area contributed by atoms with E-state index >= 15 is 0 Å². The van der Waals surface area contributed by atoms with E-state index in [4.69, 9.17) is 0 Å². The molecule has 3 rings (SSSR count). The molecule has 0 aliphatic carbocycles. The molecule has 0 atom stereocenters. The molecule has 22 heavy (non-hydrogen) atoms. The zero-order valence-electron chi connectivity index (χ0n) is 12.2. The normalized spacial score (nSPS) is 12.3. The molecule has 3 aromatic heterocycles. The standard InChI is InChI=1S/C13H16N6O2S/c1-9(2)13-15-6-10(18-13)7-17-22(20,21)12-8-14-11-4-3-5-16-19(11)12/h3-6,8-9,17H,7H2,1-2H3,(H,15,18). The fourth-order valence-electron chi connectivity index (χ4n) is 2.00. The lowest BCUT2D eigenvalue weighted by Gasteiger charge is -2.04. The smallest absolute Gasteiger partial charge is 0.260 e. The molecule has 0 amide bonds. The molecule has 0 bridgehead atoms. The Kier molecular flexibility index (Phi) is 3.67. The van der Waals surface area contributed by atoms with Gasteiger partial charge in [-0.15, -0.1) is 0 Å². The van der Waals surface area contributed by atoms with Gasteiger partial charge >= 0.3 is 0 Å². The van der Waals surface area contributed by atoms with Gasteiger partial charge in [-0.25, -0.2) is 27.6 Å². The molecule has 3 heterocycles. The van der Waals surface area contributed by atoms with Gasteiger partial charge in [0.15, 0.2) is 10.7 Å². The first-order valence-electron chi connectivity index (χ1n) is 6.79. The number of H-pyrrole nitrogens is 1. The van der Waals surface area contributed by atoms with Crippen molar-refractivity contribution in [3.8, 4) is 0 Å². The van der Waals surface area contributed by atoms with Gasteiger partial charge in [-0.3, -0.25) is 0 Å². The number of imidazole rings is 2. The largest absolute Gasteiger partial charge is 0.345 e. The highest BCUT2D eigenvalue weighted by molar-refractivity contribution is 7.89. The molecule has 0 saturated heterocycles. The van der Waals surface area contributed by atoms with Crippen molar-refractivity contribution in [2.75, 3.05) is 0 Å². The third-order valence-electron chi connectivity index (χ3n) is 3.17. The van der Waals surface area contributed by atoms with E-state index in [9.17, 15) is 8.42 Å². The van der Waals surface area contributed by atoms with E-state index < -0.39 is 10.0 Å². The number of rotatable bonds is 5. The molecule has 0 fully saturated rings. The zero-order valence-corrected chi connectivity index (χ0v) is 13.0. The molecule has 8 nitrogen and oxygen atoms in total. The molecule has 0 aliphatic rings. The van der Waals surface area contributed by atoms with Crippen molar-refractivity contribution in [3.05, 3.63) is 42.2 Å². The van der Waals surface area contributed by atoms with E-state index in [2.05, 4.69) is 24.8 Å². The van der Waals surface area contributed by atoms with Crippen molar-refractivity contribution in [1.82, 2.24) is 29.3 Å². The van der Waals surface area contributed by atoms with Crippen LogP contribution in [0.5, 0.6) is 0 Å². The molecule has 0 radical (unpaired) electrons. The minimum atomic E-state index is -3.71. The summed E-state index contributed by atoms with van der Waals surface area (Å²) in [4.78, 5) is 11.3. The number of fused-ring (bicyclic) bond motifs is 1. The summed E-state index contributed by atoms with van der Waals surface area (Å²) in [5.74, 6) is 1.08. The second-order valence-corrected chi connectivity index (χ2v) is 6.88. The Morgan fingerprint density at radius 2 is 2.14 bits per heavy atom. The van der Waals surface area contributed by atoms with Crippen LogP contribution >= 0.6 is 0 Å². The van der Waals surface area contributed by atoms with Gasteiger partial charge in [-0.05, 0) is 12.1 Å². The molecule has 0 saturated carbocycles. The molecule has 0 spiro atoms. The maximum Gasteiger partial charge on any atom is 0.260 e. The van der Waals surface area contributed by atoms with Crippen LogP contribution in [0.3, 0.4) is 0 Å². The van der Waals surface area contributed by atoms with Crippen LogP contribution in [0.25, 0.3) is 5.65 Å². The van der Waals surface area contributed by atoms with Crippen LogP contribution in [0.15, 0.2) is 35.7 Å². The summed E-state index contributed by atoms with van der Waals surface area (Å²) in [5.41, 5.74) is 1.18. The van der Waals surface area contributed by atoms with Crippen molar-refractivity contribution in [3.63, 3.8) is 0 Å². The van der Waals surface area contributed by atoms with E-state index in [1.165, 1.54) is 16.9 Å². The van der Waals surface area contributed by atoms with Gasteiger partial charge in [0.25, 0.3) is 10.0 Å². The van der Waals surface area contributed by atoms with Gasteiger partial charge in [-0.1, -0.05) is 13.8 Å². The molecule has 0 aromatic carbocycles. The summed E-state index contributed by atoms with van der Waals surface area (Å²) in [7, 11) is -3.71. The van der Waals surface area contributed by atoms with Crippen molar-refractivity contribution in [2.45, 2.75) is 31.3 Å². The number of nitrogens with one attached hydrogen (secondary N) is 2.